The summed E-state index contributed by atoms with van der Waals surface area (Å²) in [5.74, 6) is 0.941. The Hall–Kier alpha value is -1.62. The van der Waals surface area contributed by atoms with E-state index in [2.05, 4.69) is 18.7 Å². The van der Waals surface area contributed by atoms with Crippen molar-refractivity contribution >= 4 is 0 Å². The fraction of sp³-hybridized carbons (Fsp3) is 0.474. The average molecular weight is 316 g/mol. The zero-order valence-electron chi connectivity index (χ0n) is 13.5. The molecule has 0 unspecified atom stereocenters. The Bertz CT molecular complexity index is 565. The van der Waals surface area contributed by atoms with Gasteiger partial charge in [0.15, 0.2) is 6.29 Å². The van der Waals surface area contributed by atoms with Crippen molar-refractivity contribution in [3.63, 3.8) is 0 Å². The zero-order valence-corrected chi connectivity index (χ0v) is 13.5. The molecule has 4 heteroatoms. The summed E-state index contributed by atoms with van der Waals surface area (Å²) < 4.78 is 17.5. The number of allylic oxidation sites excluding steroid dienone is 2. The maximum absolute atomic E-state index is 9.77. The Morgan fingerprint density at radius 2 is 2.17 bits per heavy atom. The maximum Gasteiger partial charge on any atom is 0.184 e. The summed E-state index contributed by atoms with van der Waals surface area (Å²) in [6.45, 7) is 4.56. The van der Waals surface area contributed by atoms with Gasteiger partial charge in [-0.15, -0.1) is 6.58 Å². The van der Waals surface area contributed by atoms with Crippen molar-refractivity contribution in [3.8, 4) is 5.75 Å². The largest absolute Gasteiger partial charge is 0.497 e. The standard InChI is InChI=1S/C19H24O4/c1-3-11-19-13-22-18(14-7-9-16(21-2)10-8-14)23-17(19)6-4-5-15(19)12-20/h3-4,6-10,15,17-18,20H,1,5,11-13H2,2H3/t15-,17-,18-,19+/m1/s1. The fourth-order valence-electron chi connectivity index (χ4n) is 3.61. The highest BCUT2D eigenvalue weighted by Crippen LogP contribution is 2.48. The minimum absolute atomic E-state index is 0.0766. The van der Waals surface area contributed by atoms with Crippen LogP contribution in [0.2, 0.25) is 0 Å². The van der Waals surface area contributed by atoms with E-state index in [4.69, 9.17) is 14.2 Å². The van der Waals surface area contributed by atoms with E-state index in [0.717, 1.165) is 24.2 Å². The molecule has 3 rings (SSSR count). The van der Waals surface area contributed by atoms with E-state index in [9.17, 15) is 5.11 Å². The highest BCUT2D eigenvalue weighted by Gasteiger charge is 2.50. The predicted molar refractivity (Wildman–Crippen MR) is 88.1 cm³/mol. The van der Waals surface area contributed by atoms with Gasteiger partial charge in [-0.3, -0.25) is 0 Å². The summed E-state index contributed by atoms with van der Waals surface area (Å²) in [6, 6.07) is 7.72. The highest BCUT2D eigenvalue weighted by molar-refractivity contribution is 5.28. The second kappa shape index (κ2) is 6.87. The molecule has 0 radical (unpaired) electrons. The molecule has 2 aliphatic rings. The summed E-state index contributed by atoms with van der Waals surface area (Å²) >= 11 is 0. The van der Waals surface area contributed by atoms with Gasteiger partial charge in [0.05, 0.1) is 19.8 Å². The number of rotatable bonds is 5. The van der Waals surface area contributed by atoms with E-state index >= 15 is 0 Å². The lowest BCUT2D eigenvalue weighted by Crippen LogP contribution is -2.52. The number of hydrogen-bond acceptors (Lipinski definition) is 4. The molecule has 0 amide bonds. The third-order valence-electron chi connectivity index (χ3n) is 5.02. The molecule has 1 N–H and O–H groups in total. The minimum atomic E-state index is -0.397. The van der Waals surface area contributed by atoms with Crippen LogP contribution in [0.5, 0.6) is 5.75 Å². The van der Waals surface area contributed by atoms with Crippen molar-refractivity contribution in [1.82, 2.24) is 0 Å². The number of aliphatic hydroxyl groups is 1. The first kappa shape index (κ1) is 16.2. The third-order valence-corrected chi connectivity index (χ3v) is 5.02. The van der Waals surface area contributed by atoms with E-state index in [-0.39, 0.29) is 24.0 Å². The number of fused-ring (bicyclic) bond motifs is 1. The monoisotopic (exact) mass is 316 g/mol. The minimum Gasteiger partial charge on any atom is -0.497 e. The van der Waals surface area contributed by atoms with Crippen LogP contribution < -0.4 is 4.74 Å². The van der Waals surface area contributed by atoms with Crippen LogP contribution in [0.3, 0.4) is 0 Å². The van der Waals surface area contributed by atoms with Crippen LogP contribution >= 0.6 is 0 Å². The molecule has 0 saturated carbocycles. The van der Waals surface area contributed by atoms with Gasteiger partial charge in [-0.2, -0.15) is 0 Å². The van der Waals surface area contributed by atoms with Gasteiger partial charge >= 0.3 is 0 Å². The molecular formula is C19H24O4. The van der Waals surface area contributed by atoms with Gasteiger partial charge < -0.3 is 19.3 Å². The van der Waals surface area contributed by atoms with Gasteiger partial charge in [-0.25, -0.2) is 0 Å². The summed E-state index contributed by atoms with van der Waals surface area (Å²) in [6.07, 6.45) is 7.24. The number of benzene rings is 1. The van der Waals surface area contributed by atoms with E-state index in [1.807, 2.05) is 30.3 Å². The topological polar surface area (TPSA) is 47.9 Å². The second-order valence-electron chi connectivity index (χ2n) is 6.24. The molecule has 1 aliphatic carbocycles. The Kier molecular flexibility index (Phi) is 4.85. The van der Waals surface area contributed by atoms with Crippen LogP contribution in [-0.4, -0.2) is 31.5 Å². The molecule has 4 nitrogen and oxygen atoms in total. The number of ether oxygens (including phenoxy) is 3. The summed E-state index contributed by atoms with van der Waals surface area (Å²) in [5, 5.41) is 9.77. The van der Waals surface area contributed by atoms with Crippen LogP contribution in [0.15, 0.2) is 49.1 Å². The SMILES string of the molecule is C=CC[C@@]12CO[C@@H](c3ccc(OC)cc3)O[C@@H]1C=CC[C@@H]2CO. The van der Waals surface area contributed by atoms with E-state index < -0.39 is 6.29 Å². The van der Waals surface area contributed by atoms with Crippen LogP contribution in [0, 0.1) is 11.3 Å². The molecule has 4 atom stereocenters. The van der Waals surface area contributed by atoms with Crippen LogP contribution in [0.25, 0.3) is 0 Å². The fourth-order valence-corrected chi connectivity index (χ4v) is 3.61. The third kappa shape index (κ3) is 2.94. The van der Waals surface area contributed by atoms with Crippen LogP contribution in [0.4, 0.5) is 0 Å². The van der Waals surface area contributed by atoms with Gasteiger partial charge in [0.2, 0.25) is 0 Å². The first-order valence-electron chi connectivity index (χ1n) is 8.03. The first-order chi connectivity index (χ1) is 11.2. The van der Waals surface area contributed by atoms with E-state index in [1.165, 1.54) is 0 Å². The van der Waals surface area contributed by atoms with Crippen LogP contribution in [0.1, 0.15) is 24.7 Å². The molecule has 1 heterocycles. The van der Waals surface area contributed by atoms with E-state index in [1.54, 1.807) is 7.11 Å². The Morgan fingerprint density at radius 1 is 1.39 bits per heavy atom. The average Bonchev–Trinajstić information content (AvgIpc) is 2.61. The molecule has 1 fully saturated rings. The van der Waals surface area contributed by atoms with Crippen LogP contribution in [-0.2, 0) is 9.47 Å². The van der Waals surface area contributed by atoms with Gasteiger partial charge in [-0.1, -0.05) is 30.4 Å². The second-order valence-corrected chi connectivity index (χ2v) is 6.24. The number of hydrogen-bond donors (Lipinski definition) is 1. The molecule has 1 aliphatic heterocycles. The van der Waals surface area contributed by atoms with Gasteiger partial charge in [0.25, 0.3) is 0 Å². The molecule has 0 aromatic heterocycles. The smallest absolute Gasteiger partial charge is 0.184 e. The molecule has 1 aromatic rings. The number of methoxy groups -OCH3 is 1. The van der Waals surface area contributed by atoms with Crippen molar-refractivity contribution in [3.05, 3.63) is 54.6 Å². The summed E-state index contributed by atoms with van der Waals surface area (Å²) in [5.41, 5.74) is 0.742. The van der Waals surface area contributed by atoms with Gasteiger partial charge in [0, 0.05) is 17.6 Å². The lowest BCUT2D eigenvalue weighted by molar-refractivity contribution is -0.274. The predicted octanol–water partition coefficient (Wildman–Crippen LogP) is 3.24. The Balaban J connectivity index is 1.82. The van der Waals surface area contributed by atoms with Crippen molar-refractivity contribution in [2.75, 3.05) is 20.3 Å². The summed E-state index contributed by atoms with van der Waals surface area (Å²) in [7, 11) is 1.65. The molecule has 0 bridgehead atoms. The first-order valence-corrected chi connectivity index (χ1v) is 8.03. The lowest BCUT2D eigenvalue weighted by Gasteiger charge is -2.50. The summed E-state index contributed by atoms with van der Waals surface area (Å²) in [4.78, 5) is 0. The Morgan fingerprint density at radius 3 is 2.83 bits per heavy atom. The molecule has 23 heavy (non-hydrogen) atoms. The molecular weight excluding hydrogens is 292 g/mol. The normalized spacial score (nSPS) is 33.0. The highest BCUT2D eigenvalue weighted by atomic mass is 16.7. The maximum atomic E-state index is 9.77. The molecule has 1 aromatic carbocycles. The lowest BCUT2D eigenvalue weighted by atomic mass is 9.65. The molecule has 1 saturated heterocycles. The molecule has 0 spiro atoms. The molecule has 124 valence electrons. The van der Waals surface area contributed by atoms with Crippen molar-refractivity contribution in [1.29, 1.82) is 0 Å². The Labute approximate surface area is 137 Å². The number of aliphatic hydroxyl groups excluding tert-OH is 1. The zero-order chi connectivity index (χ0) is 16.3. The quantitative estimate of drug-likeness (QED) is 0.847. The van der Waals surface area contributed by atoms with Crippen molar-refractivity contribution in [2.24, 2.45) is 11.3 Å². The van der Waals surface area contributed by atoms with Crippen molar-refractivity contribution in [2.45, 2.75) is 25.2 Å². The van der Waals surface area contributed by atoms with E-state index in [0.29, 0.717) is 6.61 Å². The van der Waals surface area contributed by atoms with Gasteiger partial charge in [0.1, 0.15) is 5.75 Å². The van der Waals surface area contributed by atoms with Gasteiger partial charge in [-0.05, 0) is 30.9 Å². The van der Waals surface area contributed by atoms with Crippen molar-refractivity contribution < 1.29 is 19.3 Å².